The molecule has 3 unspecified atom stereocenters. The number of benzene rings is 2. The van der Waals surface area contributed by atoms with Crippen molar-refractivity contribution in [2.24, 2.45) is 5.92 Å². The van der Waals surface area contributed by atoms with Gasteiger partial charge in [0.1, 0.15) is 35.5 Å². The van der Waals surface area contributed by atoms with E-state index in [2.05, 4.69) is 30.2 Å². The number of para-hydroxylation sites is 1. The first-order chi connectivity index (χ1) is 22.6. The van der Waals surface area contributed by atoms with E-state index in [1.165, 1.54) is 6.33 Å². The Morgan fingerprint density at radius 2 is 1.66 bits per heavy atom. The minimum absolute atomic E-state index is 0.0210. The first kappa shape index (κ1) is 32.6. The normalized spacial score (nSPS) is 23.8. The Kier molecular flexibility index (Phi) is 9.57. The number of rotatable bonds is 6. The smallest absolute Gasteiger partial charge is 0.475 e. The lowest BCUT2D eigenvalue weighted by molar-refractivity contribution is -0.192. The Hall–Kier alpha value is -4.34. The van der Waals surface area contributed by atoms with Gasteiger partial charge in [0.15, 0.2) is 5.65 Å². The number of carboxylic acids is 1. The van der Waals surface area contributed by atoms with Crippen LogP contribution in [0, 0.1) is 5.92 Å². The minimum Gasteiger partial charge on any atom is -0.475 e. The van der Waals surface area contributed by atoms with E-state index in [4.69, 9.17) is 25.5 Å². The van der Waals surface area contributed by atoms with E-state index in [0.29, 0.717) is 24.3 Å². The Bertz CT molecular complexity index is 1670. The molecule has 3 aliphatic rings. The van der Waals surface area contributed by atoms with E-state index in [1.807, 2.05) is 54.6 Å². The second-order valence-corrected chi connectivity index (χ2v) is 12.0. The summed E-state index contributed by atoms with van der Waals surface area (Å²) < 4.78 is 54.8. The minimum atomic E-state index is -5.08. The summed E-state index contributed by atoms with van der Waals surface area (Å²) >= 11 is 0. The number of anilines is 1. The SMILES string of the molecule is Nc1ncnc2c1c(-c1ccc(Oc3ccccc3)cc1)nn2C1CCN(C2CCNCC2F)[C@@H](C2CNC2)C1.O=C(O)C(F)(F)F. The van der Waals surface area contributed by atoms with Crippen LogP contribution in [-0.4, -0.2) is 92.9 Å². The summed E-state index contributed by atoms with van der Waals surface area (Å²) in [6, 6.07) is 18.0. The fourth-order valence-corrected chi connectivity index (χ4v) is 6.61. The van der Waals surface area contributed by atoms with Gasteiger partial charge in [-0.25, -0.2) is 23.8 Å². The number of likely N-dealkylation sites (tertiary alicyclic amines) is 1. The van der Waals surface area contributed by atoms with Crippen LogP contribution in [0.25, 0.3) is 22.3 Å². The summed E-state index contributed by atoms with van der Waals surface area (Å²) in [5, 5.41) is 19.7. The molecule has 2 aromatic heterocycles. The number of piperidine rings is 2. The lowest BCUT2D eigenvalue weighted by Crippen LogP contribution is -2.63. The Balaban J connectivity index is 0.000000499. The van der Waals surface area contributed by atoms with Crippen molar-refractivity contribution < 1.29 is 32.2 Å². The molecule has 3 aliphatic heterocycles. The number of fused-ring (bicyclic) bond motifs is 1. The molecule has 15 heteroatoms. The number of nitrogens with two attached hydrogens (primary N) is 1. The van der Waals surface area contributed by atoms with Gasteiger partial charge in [-0.3, -0.25) is 4.90 Å². The van der Waals surface area contributed by atoms with Crippen molar-refractivity contribution >= 4 is 22.8 Å². The van der Waals surface area contributed by atoms with Gasteiger partial charge in [0.2, 0.25) is 0 Å². The highest BCUT2D eigenvalue weighted by molar-refractivity contribution is 5.98. The molecule has 4 aromatic rings. The molecule has 0 aliphatic carbocycles. The molecule has 0 saturated carbocycles. The number of hydrogen-bond acceptors (Lipinski definition) is 9. The molecule has 0 bridgehead atoms. The van der Waals surface area contributed by atoms with Crippen LogP contribution in [0.3, 0.4) is 0 Å². The molecule has 2 aromatic carbocycles. The maximum absolute atomic E-state index is 15.0. The number of aliphatic carboxylic acids is 1. The molecule has 5 heterocycles. The summed E-state index contributed by atoms with van der Waals surface area (Å²) in [4.78, 5) is 20.3. The lowest BCUT2D eigenvalue weighted by atomic mass is 9.82. The molecule has 47 heavy (non-hydrogen) atoms. The third-order valence-corrected chi connectivity index (χ3v) is 9.03. The van der Waals surface area contributed by atoms with Crippen molar-refractivity contribution in [3.05, 3.63) is 60.9 Å². The summed E-state index contributed by atoms with van der Waals surface area (Å²) in [6.07, 6.45) is -1.75. The van der Waals surface area contributed by atoms with Gasteiger partial charge < -0.3 is 26.2 Å². The van der Waals surface area contributed by atoms with Gasteiger partial charge in [0, 0.05) is 43.8 Å². The van der Waals surface area contributed by atoms with E-state index >= 15 is 4.39 Å². The topological polar surface area (TPSA) is 143 Å². The zero-order valence-corrected chi connectivity index (χ0v) is 25.4. The predicted molar refractivity (Wildman–Crippen MR) is 167 cm³/mol. The summed E-state index contributed by atoms with van der Waals surface area (Å²) in [5.74, 6) is -0.288. The number of nitrogens with zero attached hydrogens (tertiary/aromatic N) is 5. The average molecular weight is 657 g/mol. The second-order valence-electron chi connectivity index (χ2n) is 12.0. The first-order valence-corrected chi connectivity index (χ1v) is 15.5. The third-order valence-electron chi connectivity index (χ3n) is 9.03. The number of aromatic nitrogens is 4. The predicted octanol–water partition coefficient (Wildman–Crippen LogP) is 4.43. The largest absolute Gasteiger partial charge is 0.490 e. The Morgan fingerprint density at radius 3 is 2.30 bits per heavy atom. The summed E-state index contributed by atoms with van der Waals surface area (Å²) in [7, 11) is 0. The Labute approximate surface area is 268 Å². The van der Waals surface area contributed by atoms with Crippen LogP contribution in [0.4, 0.5) is 23.4 Å². The highest BCUT2D eigenvalue weighted by Crippen LogP contribution is 2.39. The maximum Gasteiger partial charge on any atom is 0.490 e. The van der Waals surface area contributed by atoms with Crippen molar-refractivity contribution in [2.75, 3.05) is 38.5 Å². The van der Waals surface area contributed by atoms with Gasteiger partial charge in [0.05, 0.1) is 11.4 Å². The van der Waals surface area contributed by atoms with Crippen LogP contribution in [-0.2, 0) is 4.79 Å². The van der Waals surface area contributed by atoms with Gasteiger partial charge >= 0.3 is 12.1 Å². The molecule has 3 saturated heterocycles. The zero-order valence-electron chi connectivity index (χ0n) is 25.4. The molecule has 0 spiro atoms. The van der Waals surface area contributed by atoms with Gasteiger partial charge in [0.25, 0.3) is 0 Å². The summed E-state index contributed by atoms with van der Waals surface area (Å²) in [5.41, 5.74) is 8.87. The number of nitrogen functional groups attached to an aromatic ring is 1. The molecule has 4 atom stereocenters. The molecule has 0 amide bonds. The fourth-order valence-electron chi connectivity index (χ4n) is 6.61. The number of carboxylic acid groups (broad SMARTS) is 1. The van der Waals surface area contributed by atoms with Crippen LogP contribution in [0.1, 0.15) is 25.3 Å². The van der Waals surface area contributed by atoms with E-state index in [0.717, 1.165) is 79.2 Å². The first-order valence-electron chi connectivity index (χ1n) is 15.5. The molecule has 5 N–H and O–H groups in total. The van der Waals surface area contributed by atoms with E-state index in [-0.39, 0.29) is 12.1 Å². The Morgan fingerprint density at radius 1 is 0.957 bits per heavy atom. The van der Waals surface area contributed by atoms with Crippen molar-refractivity contribution in [1.29, 1.82) is 0 Å². The number of carbonyl (C=O) groups is 1. The lowest BCUT2D eigenvalue weighted by Gasteiger charge is -2.51. The quantitative estimate of drug-likeness (QED) is 0.220. The molecule has 3 fully saturated rings. The standard InChI is InChI=1S/C30H35FN8O.C2HF3O2/c31-24-17-33-12-10-25(24)38-13-11-21(14-26(38)20-15-34-16-20)39-30-27(29(32)35-18-36-30)28(37-39)19-6-8-23(9-7-19)40-22-4-2-1-3-5-22;3-2(4,5)1(6)7/h1-9,18,20-21,24-26,33-34H,10-17H2,(H2,32,35,36);(H,6,7)/t21?,24?,25?,26-;/m1./s1. The van der Waals surface area contributed by atoms with Gasteiger partial charge in [-0.1, -0.05) is 18.2 Å². The van der Waals surface area contributed by atoms with Crippen LogP contribution < -0.4 is 21.1 Å². The van der Waals surface area contributed by atoms with Crippen LogP contribution in [0.5, 0.6) is 11.5 Å². The molecular formula is C32H36F4N8O3. The van der Waals surface area contributed by atoms with Crippen LogP contribution >= 0.6 is 0 Å². The zero-order chi connectivity index (χ0) is 33.1. The highest BCUT2D eigenvalue weighted by Gasteiger charge is 2.43. The molecule has 11 nitrogen and oxygen atoms in total. The maximum atomic E-state index is 15.0. The third kappa shape index (κ3) is 7.16. The monoisotopic (exact) mass is 656 g/mol. The second kappa shape index (κ2) is 13.8. The molecule has 250 valence electrons. The number of hydrogen-bond donors (Lipinski definition) is 4. The van der Waals surface area contributed by atoms with Gasteiger partial charge in [-0.05, 0) is 68.1 Å². The molecule has 0 radical (unpaired) electrons. The van der Waals surface area contributed by atoms with Crippen molar-refractivity contribution in [3.8, 4) is 22.8 Å². The molecule has 7 rings (SSSR count). The average Bonchev–Trinajstić information content (AvgIpc) is 3.42. The van der Waals surface area contributed by atoms with Crippen molar-refractivity contribution in [3.63, 3.8) is 0 Å². The molecular weight excluding hydrogens is 620 g/mol. The van der Waals surface area contributed by atoms with Crippen LogP contribution in [0.15, 0.2) is 60.9 Å². The van der Waals surface area contributed by atoms with Crippen molar-refractivity contribution in [2.45, 2.75) is 49.7 Å². The number of halogens is 4. The van der Waals surface area contributed by atoms with Crippen LogP contribution in [0.2, 0.25) is 0 Å². The fraction of sp³-hybridized carbons (Fsp3) is 0.438. The highest BCUT2D eigenvalue weighted by atomic mass is 19.4. The van der Waals surface area contributed by atoms with E-state index < -0.39 is 18.3 Å². The van der Waals surface area contributed by atoms with Crippen molar-refractivity contribution in [1.82, 2.24) is 35.3 Å². The number of alkyl halides is 4. The van der Waals surface area contributed by atoms with Gasteiger partial charge in [-0.15, -0.1) is 0 Å². The summed E-state index contributed by atoms with van der Waals surface area (Å²) in [6.45, 7) is 4.12. The van der Waals surface area contributed by atoms with E-state index in [9.17, 15) is 13.2 Å². The van der Waals surface area contributed by atoms with E-state index in [1.54, 1.807) is 0 Å². The number of nitrogens with one attached hydrogen (secondary N) is 2. The van der Waals surface area contributed by atoms with Gasteiger partial charge in [-0.2, -0.15) is 18.3 Å². The number of ether oxygens (including phenoxy) is 1.